The minimum atomic E-state index is -3.49. The molecule has 0 amide bonds. The van der Waals surface area contributed by atoms with Crippen LogP contribution in [0.1, 0.15) is 37.6 Å². The molecule has 0 N–H and O–H groups in total. The fourth-order valence-corrected chi connectivity index (χ4v) is 1.93. The Hall–Kier alpha value is -1.36. The molecule has 1 rings (SSSR count). The van der Waals surface area contributed by atoms with Crippen LogP contribution in [0.4, 0.5) is 0 Å². The van der Waals surface area contributed by atoms with Gasteiger partial charge in [-0.05, 0) is 32.4 Å². The van der Waals surface area contributed by atoms with Gasteiger partial charge >= 0.3 is 0 Å². The topological polar surface area (TPSA) is 60.4 Å². The highest BCUT2D eigenvalue weighted by Crippen LogP contribution is 2.27. The van der Waals surface area contributed by atoms with E-state index in [4.69, 9.17) is 4.74 Å². The first kappa shape index (κ1) is 15.7. The van der Waals surface area contributed by atoms with Crippen molar-refractivity contribution < 1.29 is 17.9 Å². The Morgan fingerprint density at radius 1 is 1.26 bits per heavy atom. The lowest BCUT2D eigenvalue weighted by molar-refractivity contribution is 0.0950. The summed E-state index contributed by atoms with van der Waals surface area (Å²) in [6.07, 6.45) is 1.89. The molecule has 1 aromatic carbocycles. The maximum atomic E-state index is 12.4. The van der Waals surface area contributed by atoms with Gasteiger partial charge in [-0.2, -0.15) is 0 Å². The number of carbonyl (C=O) groups is 1. The predicted molar refractivity (Wildman–Crippen MR) is 75.5 cm³/mol. The number of carbonyl (C=O) groups excluding carboxylic acids is 1. The summed E-state index contributed by atoms with van der Waals surface area (Å²) >= 11 is 0. The number of ether oxygens (including phenoxy) is 1. The van der Waals surface area contributed by atoms with Gasteiger partial charge in [-0.25, -0.2) is 8.42 Å². The minimum absolute atomic E-state index is 0.311. The third-order valence-corrected chi connectivity index (χ3v) is 5.11. The van der Waals surface area contributed by atoms with E-state index in [1.165, 1.54) is 13.8 Å². The number of para-hydroxylation sites is 1. The van der Waals surface area contributed by atoms with Crippen LogP contribution >= 0.6 is 0 Å². The number of rotatable bonds is 6. The predicted octanol–water partition coefficient (Wildman–Crippen LogP) is 2.48. The SMILES string of the molecule is CCCOc1ccccc1C(=O)C(C)(C)S(C)(=O)=O. The van der Waals surface area contributed by atoms with Crippen LogP contribution in [0, 0.1) is 0 Å². The number of hydrogen-bond donors (Lipinski definition) is 0. The van der Waals surface area contributed by atoms with E-state index in [1.54, 1.807) is 24.3 Å². The highest BCUT2D eigenvalue weighted by molar-refractivity contribution is 7.92. The average Bonchev–Trinajstić information content (AvgIpc) is 2.34. The maximum absolute atomic E-state index is 12.4. The molecule has 0 saturated carbocycles. The first-order valence-corrected chi connectivity index (χ1v) is 8.07. The summed E-state index contributed by atoms with van der Waals surface area (Å²) in [5, 5.41) is 0. The quantitative estimate of drug-likeness (QED) is 0.753. The van der Waals surface area contributed by atoms with Crippen LogP contribution in [0.15, 0.2) is 24.3 Å². The lowest BCUT2D eigenvalue weighted by Gasteiger charge is -2.22. The molecule has 0 atom stereocenters. The van der Waals surface area contributed by atoms with E-state index in [9.17, 15) is 13.2 Å². The highest BCUT2D eigenvalue weighted by Gasteiger charge is 2.39. The first-order valence-electron chi connectivity index (χ1n) is 6.18. The number of benzene rings is 1. The van der Waals surface area contributed by atoms with Crippen molar-refractivity contribution in [3.63, 3.8) is 0 Å². The Bertz CT molecular complexity index is 559. The summed E-state index contributed by atoms with van der Waals surface area (Å²) in [5.74, 6) is -0.00669. The molecule has 0 aliphatic carbocycles. The van der Waals surface area contributed by atoms with Crippen LogP contribution in [-0.4, -0.2) is 31.8 Å². The van der Waals surface area contributed by atoms with Crippen LogP contribution in [0.3, 0.4) is 0 Å². The molecular weight excluding hydrogens is 264 g/mol. The van der Waals surface area contributed by atoms with E-state index in [2.05, 4.69) is 0 Å². The van der Waals surface area contributed by atoms with E-state index < -0.39 is 20.4 Å². The molecule has 0 aliphatic heterocycles. The Kier molecular flexibility index (Phi) is 4.74. The summed E-state index contributed by atoms with van der Waals surface area (Å²) < 4.78 is 27.5. The molecule has 0 aliphatic rings. The normalized spacial score (nSPS) is 12.2. The Balaban J connectivity index is 3.20. The second kappa shape index (κ2) is 5.74. The van der Waals surface area contributed by atoms with Gasteiger partial charge in [0.15, 0.2) is 15.6 Å². The van der Waals surface area contributed by atoms with Crippen molar-refractivity contribution in [3.05, 3.63) is 29.8 Å². The van der Waals surface area contributed by atoms with E-state index in [-0.39, 0.29) is 0 Å². The molecule has 4 nitrogen and oxygen atoms in total. The second-order valence-electron chi connectivity index (χ2n) is 4.96. The van der Waals surface area contributed by atoms with Gasteiger partial charge in [0.05, 0.1) is 12.2 Å². The minimum Gasteiger partial charge on any atom is -0.493 e. The van der Waals surface area contributed by atoms with E-state index >= 15 is 0 Å². The largest absolute Gasteiger partial charge is 0.493 e. The van der Waals surface area contributed by atoms with Gasteiger partial charge in [0.25, 0.3) is 0 Å². The van der Waals surface area contributed by atoms with Crippen LogP contribution in [0.25, 0.3) is 0 Å². The Morgan fingerprint density at radius 3 is 2.37 bits per heavy atom. The van der Waals surface area contributed by atoms with Crippen molar-refractivity contribution in [2.75, 3.05) is 12.9 Å². The van der Waals surface area contributed by atoms with Crippen molar-refractivity contribution >= 4 is 15.6 Å². The van der Waals surface area contributed by atoms with Gasteiger partial charge in [0.2, 0.25) is 0 Å². The zero-order chi connectivity index (χ0) is 14.7. The molecule has 0 aromatic heterocycles. The third-order valence-electron chi connectivity index (χ3n) is 3.07. The molecule has 0 fully saturated rings. The van der Waals surface area contributed by atoms with Gasteiger partial charge in [-0.1, -0.05) is 19.1 Å². The van der Waals surface area contributed by atoms with Crippen LogP contribution in [0.5, 0.6) is 5.75 Å². The molecule has 19 heavy (non-hydrogen) atoms. The van der Waals surface area contributed by atoms with Crippen molar-refractivity contribution in [1.29, 1.82) is 0 Å². The lowest BCUT2D eigenvalue weighted by Crippen LogP contribution is -2.40. The molecule has 0 spiro atoms. The molecule has 106 valence electrons. The zero-order valence-corrected chi connectivity index (χ0v) is 12.6. The summed E-state index contributed by atoms with van der Waals surface area (Å²) in [6, 6.07) is 6.74. The molecule has 0 heterocycles. The maximum Gasteiger partial charge on any atom is 0.187 e. The number of sulfone groups is 1. The average molecular weight is 284 g/mol. The number of hydrogen-bond acceptors (Lipinski definition) is 4. The fourth-order valence-electron chi connectivity index (χ4n) is 1.48. The summed E-state index contributed by atoms with van der Waals surface area (Å²) in [6.45, 7) is 5.29. The number of ketones is 1. The standard InChI is InChI=1S/C14H20O4S/c1-5-10-18-12-9-7-6-8-11(12)13(15)14(2,3)19(4,16)17/h6-9H,5,10H2,1-4H3. The van der Waals surface area contributed by atoms with Crippen molar-refractivity contribution in [2.45, 2.75) is 31.9 Å². The smallest absolute Gasteiger partial charge is 0.187 e. The Morgan fingerprint density at radius 2 is 1.84 bits per heavy atom. The first-order chi connectivity index (χ1) is 8.71. The lowest BCUT2D eigenvalue weighted by atomic mass is 9.99. The molecule has 0 radical (unpaired) electrons. The third kappa shape index (κ3) is 3.35. The van der Waals surface area contributed by atoms with Crippen LogP contribution < -0.4 is 4.74 Å². The fraction of sp³-hybridized carbons (Fsp3) is 0.500. The van der Waals surface area contributed by atoms with Gasteiger partial charge in [-0.3, -0.25) is 4.79 Å². The highest BCUT2D eigenvalue weighted by atomic mass is 32.2. The summed E-state index contributed by atoms with van der Waals surface area (Å²) in [4.78, 5) is 12.4. The monoisotopic (exact) mass is 284 g/mol. The molecule has 0 saturated heterocycles. The van der Waals surface area contributed by atoms with Gasteiger partial charge in [-0.15, -0.1) is 0 Å². The second-order valence-corrected chi connectivity index (χ2v) is 7.52. The molecule has 1 aromatic rings. The molecular formula is C14H20O4S. The van der Waals surface area contributed by atoms with Crippen LogP contribution in [-0.2, 0) is 9.84 Å². The molecule has 0 unspecified atom stereocenters. The van der Waals surface area contributed by atoms with Crippen LogP contribution in [0.2, 0.25) is 0 Å². The van der Waals surface area contributed by atoms with E-state index in [0.29, 0.717) is 17.9 Å². The molecule has 5 heteroatoms. The Labute approximate surface area is 114 Å². The van der Waals surface area contributed by atoms with Gasteiger partial charge in [0.1, 0.15) is 10.5 Å². The van der Waals surface area contributed by atoms with Crippen molar-refractivity contribution in [1.82, 2.24) is 0 Å². The summed E-state index contributed by atoms with van der Waals surface area (Å²) in [5.41, 5.74) is 0.311. The van der Waals surface area contributed by atoms with Gasteiger partial charge < -0.3 is 4.74 Å². The van der Waals surface area contributed by atoms with Crippen molar-refractivity contribution in [3.8, 4) is 5.75 Å². The zero-order valence-electron chi connectivity index (χ0n) is 11.8. The molecule has 0 bridgehead atoms. The van der Waals surface area contributed by atoms with Gasteiger partial charge in [0, 0.05) is 6.26 Å². The summed E-state index contributed by atoms with van der Waals surface area (Å²) in [7, 11) is -3.49. The van der Waals surface area contributed by atoms with E-state index in [1.807, 2.05) is 6.92 Å². The number of Topliss-reactive ketones (excluding diaryl/α,β-unsaturated/α-hetero) is 1. The van der Waals surface area contributed by atoms with E-state index in [0.717, 1.165) is 12.7 Å². The van der Waals surface area contributed by atoms with Crippen molar-refractivity contribution in [2.24, 2.45) is 0 Å².